The van der Waals surface area contributed by atoms with E-state index in [9.17, 15) is 9.59 Å². The normalized spacial score (nSPS) is 11.1. The fourth-order valence-electron chi connectivity index (χ4n) is 5.74. The molecule has 0 spiro atoms. The lowest BCUT2D eigenvalue weighted by molar-refractivity contribution is -0.116. The highest BCUT2D eigenvalue weighted by molar-refractivity contribution is 7.99. The summed E-state index contributed by atoms with van der Waals surface area (Å²) in [7, 11) is 0. The molecule has 17 nitrogen and oxygen atoms in total. The smallest absolute Gasteiger partial charge is 0.255 e. The number of rotatable bonds is 25. The van der Waals surface area contributed by atoms with Crippen LogP contribution in [-0.4, -0.2) is 72.0 Å². The van der Waals surface area contributed by atoms with Crippen LogP contribution in [0.25, 0.3) is 5.70 Å². The van der Waals surface area contributed by atoms with Crippen LogP contribution in [0.3, 0.4) is 0 Å². The van der Waals surface area contributed by atoms with E-state index >= 15 is 0 Å². The van der Waals surface area contributed by atoms with Crippen molar-refractivity contribution in [3.05, 3.63) is 138 Å². The molecule has 1 aromatic heterocycles. The van der Waals surface area contributed by atoms with Crippen LogP contribution in [0.1, 0.15) is 40.4 Å². The van der Waals surface area contributed by atoms with Crippen LogP contribution in [0.5, 0.6) is 17.2 Å². The Morgan fingerprint density at radius 1 is 0.873 bits per heavy atom. The quantitative estimate of drug-likeness (QED) is 0.00937. The van der Waals surface area contributed by atoms with Gasteiger partial charge in [-0.25, -0.2) is 21.7 Å². The third-order valence-corrected chi connectivity index (χ3v) is 10.1. The van der Waals surface area contributed by atoms with Crippen molar-refractivity contribution in [3.8, 4) is 17.2 Å². The summed E-state index contributed by atoms with van der Waals surface area (Å²) in [6, 6.07) is 28.9. The van der Waals surface area contributed by atoms with Gasteiger partial charge in [-0.1, -0.05) is 73.8 Å². The average Bonchev–Trinajstić information content (AvgIpc) is 3.29. The Morgan fingerprint density at radius 3 is 2.29 bits per heavy atom. The molecule has 5 rings (SSSR count). The summed E-state index contributed by atoms with van der Waals surface area (Å²) >= 11 is 1.54. The summed E-state index contributed by atoms with van der Waals surface area (Å²) in [4.78, 5) is 33.6. The van der Waals surface area contributed by atoms with E-state index in [-0.39, 0.29) is 11.8 Å². The molecule has 13 N–H and O–H groups in total. The summed E-state index contributed by atoms with van der Waals surface area (Å²) in [6.07, 6.45) is 3.84. The van der Waals surface area contributed by atoms with Gasteiger partial charge in [0.2, 0.25) is 5.91 Å². The number of anilines is 4. The lowest BCUT2D eigenvalue weighted by Gasteiger charge is -2.22. The highest BCUT2D eigenvalue weighted by Gasteiger charge is 2.17. The third kappa shape index (κ3) is 14.9. The van der Waals surface area contributed by atoms with Gasteiger partial charge in [0.15, 0.2) is 22.5 Å². The Kier molecular flexibility index (Phi) is 18.4. The van der Waals surface area contributed by atoms with Crippen molar-refractivity contribution >= 4 is 52.3 Å². The number of hydrazine groups is 2. The molecule has 0 fully saturated rings. The lowest BCUT2D eigenvalue weighted by Crippen LogP contribution is -2.32. The van der Waals surface area contributed by atoms with Gasteiger partial charge in [0.05, 0.1) is 37.7 Å². The van der Waals surface area contributed by atoms with Crippen molar-refractivity contribution in [3.63, 3.8) is 0 Å². The van der Waals surface area contributed by atoms with E-state index in [0.717, 1.165) is 28.9 Å². The highest BCUT2D eigenvalue weighted by Crippen LogP contribution is 2.32. The largest absolute Gasteiger partial charge is 0.491 e. The maximum atomic E-state index is 13.0. The fourth-order valence-corrected chi connectivity index (χ4v) is 6.44. The number of hydrogen-bond donors (Lipinski definition) is 8. The van der Waals surface area contributed by atoms with E-state index in [1.54, 1.807) is 66.9 Å². The summed E-state index contributed by atoms with van der Waals surface area (Å²) in [5, 5.41) is 12.3. The van der Waals surface area contributed by atoms with Gasteiger partial charge in [0.25, 0.3) is 5.91 Å². The van der Waals surface area contributed by atoms with Crippen LogP contribution < -0.4 is 59.3 Å². The fraction of sp³-hybridized carbons (Fsp3) is 0.244. The molecule has 5 aromatic rings. The maximum Gasteiger partial charge on any atom is 0.255 e. The minimum atomic E-state index is -0.300. The van der Waals surface area contributed by atoms with E-state index in [1.165, 1.54) is 27.9 Å². The predicted molar refractivity (Wildman–Crippen MR) is 251 cm³/mol. The molecular formula is C45H56N12O5S. The molecule has 63 heavy (non-hydrogen) atoms. The number of nitrogens with zero attached hydrogens (tertiary/aromatic N) is 4. The van der Waals surface area contributed by atoms with E-state index in [1.807, 2.05) is 36.4 Å². The molecule has 332 valence electrons. The number of nitrogens with one attached hydrogen (secondary N) is 3. The Balaban J connectivity index is 1.02. The van der Waals surface area contributed by atoms with Crippen molar-refractivity contribution in [2.75, 3.05) is 66.6 Å². The number of ether oxygens (including phenoxy) is 3. The number of nitrogen functional groups attached to an aromatic ring is 1. The monoisotopic (exact) mass is 876 g/mol. The van der Waals surface area contributed by atoms with E-state index in [2.05, 4.69) is 39.4 Å². The van der Waals surface area contributed by atoms with Gasteiger partial charge < -0.3 is 52.4 Å². The van der Waals surface area contributed by atoms with Gasteiger partial charge >= 0.3 is 0 Å². The molecule has 1 heterocycles. The topological polar surface area (TPSA) is 260 Å². The zero-order valence-electron chi connectivity index (χ0n) is 35.3. The van der Waals surface area contributed by atoms with Crippen molar-refractivity contribution in [1.82, 2.24) is 20.3 Å². The first kappa shape index (κ1) is 47.2. The van der Waals surface area contributed by atoms with Crippen molar-refractivity contribution in [2.24, 2.45) is 23.2 Å². The zero-order chi connectivity index (χ0) is 45.0. The van der Waals surface area contributed by atoms with E-state index < -0.39 is 0 Å². The molecule has 4 aromatic carbocycles. The molecule has 0 atom stereocenters. The molecule has 0 aliphatic carbocycles. The van der Waals surface area contributed by atoms with Crippen LogP contribution in [0.2, 0.25) is 0 Å². The Labute approximate surface area is 372 Å². The predicted octanol–water partition coefficient (Wildman–Crippen LogP) is 5.19. The Hall–Kier alpha value is -6.83. The number of nitrogens with two attached hydrogens (primary N) is 5. The van der Waals surface area contributed by atoms with Gasteiger partial charge in [-0.15, -0.1) is 0 Å². The third-order valence-electron chi connectivity index (χ3n) is 9.04. The maximum absolute atomic E-state index is 13.0. The molecule has 0 bridgehead atoms. The number of para-hydroxylation sites is 2. The van der Waals surface area contributed by atoms with Gasteiger partial charge in [0.1, 0.15) is 23.8 Å². The number of hydrogen-bond acceptors (Lipinski definition) is 16. The van der Waals surface area contributed by atoms with Gasteiger partial charge in [-0.3, -0.25) is 14.6 Å². The summed E-state index contributed by atoms with van der Waals surface area (Å²) in [5.74, 6) is 15.6. The Morgan fingerprint density at radius 2 is 1.57 bits per heavy atom. The van der Waals surface area contributed by atoms with E-state index in [0.29, 0.717) is 109 Å². The lowest BCUT2D eigenvalue weighted by atomic mass is 10.1. The molecule has 0 aliphatic heterocycles. The van der Waals surface area contributed by atoms with Crippen LogP contribution in [0.15, 0.2) is 121 Å². The minimum Gasteiger partial charge on any atom is -0.491 e. The summed E-state index contributed by atoms with van der Waals surface area (Å²) in [6.45, 7) is 8.59. The van der Waals surface area contributed by atoms with Crippen molar-refractivity contribution in [2.45, 2.75) is 31.6 Å². The van der Waals surface area contributed by atoms with Crippen molar-refractivity contribution < 1.29 is 23.8 Å². The number of carbonyl (C=O) groups excluding carboxylic acids is 2. The highest BCUT2D eigenvalue weighted by atomic mass is 32.2. The first-order valence-electron chi connectivity index (χ1n) is 20.3. The van der Waals surface area contributed by atoms with Crippen LogP contribution in [0.4, 0.5) is 23.0 Å². The molecule has 0 saturated heterocycles. The molecule has 0 radical (unpaired) electrons. The minimum absolute atomic E-state index is 0.266. The molecule has 2 amide bonds. The SMILES string of the molecule is C=CC(=O)NCc1ccc(C(=O)Nc2ccccc2Oc2ccc(OCCOCCN(N)/C=C(\N)c3ccc(CN(N)c4nc(SCCC)nc(NCCN)c4N)cc3)cc2)cc1. The zero-order valence-corrected chi connectivity index (χ0v) is 36.1. The number of benzene rings is 4. The number of carbonyl (C=O) groups is 2. The number of aromatic nitrogens is 2. The number of thioether (sulfide) groups is 1. The number of amides is 2. The molecule has 0 saturated carbocycles. The Bertz CT molecular complexity index is 2280. The summed E-state index contributed by atoms with van der Waals surface area (Å²) in [5.41, 5.74) is 22.8. The van der Waals surface area contributed by atoms with Crippen LogP contribution in [0, 0.1) is 0 Å². The first-order chi connectivity index (χ1) is 30.6. The van der Waals surface area contributed by atoms with Crippen LogP contribution in [-0.2, 0) is 22.6 Å². The average molecular weight is 877 g/mol. The van der Waals surface area contributed by atoms with Gasteiger partial charge in [-0.05, 0) is 77.7 Å². The first-order valence-corrected chi connectivity index (χ1v) is 21.3. The van der Waals surface area contributed by atoms with E-state index in [4.69, 9.17) is 43.1 Å². The molecule has 18 heteroatoms. The summed E-state index contributed by atoms with van der Waals surface area (Å²) < 4.78 is 17.7. The second kappa shape index (κ2) is 24.6. The van der Waals surface area contributed by atoms with Crippen molar-refractivity contribution in [1.29, 1.82) is 0 Å². The molecule has 0 unspecified atom stereocenters. The van der Waals surface area contributed by atoms with Gasteiger partial charge in [0, 0.05) is 37.2 Å². The van der Waals surface area contributed by atoms with Gasteiger partial charge in [-0.2, -0.15) is 0 Å². The molecular weight excluding hydrogens is 821 g/mol. The second-order valence-corrected chi connectivity index (χ2v) is 15.0. The second-order valence-electron chi connectivity index (χ2n) is 13.9. The van der Waals surface area contributed by atoms with Crippen LogP contribution >= 0.6 is 11.8 Å². The molecule has 0 aliphatic rings. The standard InChI is InChI=1S/C45H56N12O5S/c1-3-27-63-45-54-42(51-22-21-46)41(48)43(55-45)57(50)29-32-11-13-33(14-12-32)37(47)30-56(49)23-24-60-25-26-61-35-17-19-36(20-18-35)62-39-8-6-5-7-38(39)53-44(59)34-15-9-31(10-16-34)28-52-40(58)4-2/h4-20,30H,2-3,21-29,46-50H2,1H3,(H,52,58)(H,53,59)(H,51,54,55)/b37-30-.